The maximum Gasteiger partial charge on any atom is 0.409 e. The first-order valence-corrected chi connectivity index (χ1v) is 6.46. The molecule has 2 saturated heterocycles. The number of hydrogen-bond donors (Lipinski definition) is 1. The Labute approximate surface area is 102 Å². The van der Waals surface area contributed by atoms with Gasteiger partial charge in [-0.2, -0.15) is 0 Å². The molecule has 1 atom stereocenters. The largest absolute Gasteiger partial charge is 0.453 e. The lowest BCUT2D eigenvalue weighted by Crippen LogP contribution is -2.51. The van der Waals surface area contributed by atoms with Crippen molar-refractivity contribution < 1.29 is 14.3 Å². The lowest BCUT2D eigenvalue weighted by molar-refractivity contribution is 0.0671. The molecule has 2 aliphatic rings. The number of methoxy groups -OCH3 is 1. The minimum absolute atomic E-state index is 0.205. The highest BCUT2D eigenvalue weighted by Gasteiger charge is 2.26. The molecule has 1 unspecified atom stereocenters. The number of nitrogens with one attached hydrogen (secondary N) is 1. The lowest BCUT2D eigenvalue weighted by Gasteiger charge is -2.35. The van der Waals surface area contributed by atoms with E-state index in [-0.39, 0.29) is 6.09 Å². The Kier molecular flexibility index (Phi) is 4.62. The maximum atomic E-state index is 11.5. The van der Waals surface area contributed by atoms with Crippen LogP contribution in [-0.2, 0) is 9.47 Å². The predicted molar refractivity (Wildman–Crippen MR) is 64.0 cm³/mol. The van der Waals surface area contributed by atoms with Gasteiger partial charge in [-0.1, -0.05) is 0 Å². The third-order valence-corrected chi connectivity index (χ3v) is 3.55. The predicted octanol–water partition coefficient (Wildman–Crippen LogP) is 0.986. The summed E-state index contributed by atoms with van der Waals surface area (Å²) in [5.41, 5.74) is 0. The second-order valence-corrected chi connectivity index (χ2v) is 4.81. The fourth-order valence-corrected chi connectivity index (χ4v) is 2.61. The van der Waals surface area contributed by atoms with E-state index in [1.165, 1.54) is 7.11 Å². The van der Waals surface area contributed by atoms with E-state index in [1.807, 2.05) is 0 Å². The van der Waals surface area contributed by atoms with Gasteiger partial charge in [0.05, 0.1) is 7.11 Å². The molecule has 98 valence electrons. The van der Waals surface area contributed by atoms with Crippen LogP contribution in [-0.4, -0.2) is 56.5 Å². The molecule has 0 spiro atoms. The first-order chi connectivity index (χ1) is 8.29. The Morgan fingerprint density at radius 2 is 2.06 bits per heavy atom. The number of rotatable bonds is 2. The van der Waals surface area contributed by atoms with Crippen LogP contribution in [0.15, 0.2) is 0 Å². The summed E-state index contributed by atoms with van der Waals surface area (Å²) in [6, 6.07) is 0.956. The highest BCUT2D eigenvalue weighted by Crippen LogP contribution is 2.14. The minimum atomic E-state index is -0.205. The number of hydrogen-bond acceptors (Lipinski definition) is 4. The normalized spacial score (nSPS) is 26.9. The first kappa shape index (κ1) is 12.6. The second-order valence-electron chi connectivity index (χ2n) is 4.81. The van der Waals surface area contributed by atoms with Gasteiger partial charge in [-0.25, -0.2) is 4.79 Å². The Morgan fingerprint density at radius 1 is 1.29 bits per heavy atom. The monoisotopic (exact) mass is 242 g/mol. The molecular formula is C12H22N2O3. The number of piperidine rings is 1. The number of carbonyl (C=O) groups is 1. The summed E-state index contributed by atoms with van der Waals surface area (Å²) in [4.78, 5) is 13.3. The van der Waals surface area contributed by atoms with E-state index in [4.69, 9.17) is 9.47 Å². The van der Waals surface area contributed by atoms with E-state index in [0.29, 0.717) is 12.1 Å². The molecule has 2 rings (SSSR count). The van der Waals surface area contributed by atoms with Crippen molar-refractivity contribution in [1.29, 1.82) is 0 Å². The molecule has 0 bridgehead atoms. The third-order valence-electron chi connectivity index (χ3n) is 3.55. The van der Waals surface area contributed by atoms with Gasteiger partial charge in [-0.05, 0) is 25.7 Å². The molecule has 0 aromatic heterocycles. The van der Waals surface area contributed by atoms with E-state index in [9.17, 15) is 4.79 Å². The molecular weight excluding hydrogens is 220 g/mol. The van der Waals surface area contributed by atoms with Gasteiger partial charge in [0.25, 0.3) is 0 Å². The molecule has 2 fully saturated rings. The van der Waals surface area contributed by atoms with Crippen LogP contribution in [0.3, 0.4) is 0 Å². The van der Waals surface area contributed by atoms with Gasteiger partial charge in [0.2, 0.25) is 0 Å². The summed E-state index contributed by atoms with van der Waals surface area (Å²) in [5.74, 6) is 0. The van der Waals surface area contributed by atoms with E-state index in [0.717, 1.165) is 52.0 Å². The fraction of sp³-hybridized carbons (Fsp3) is 0.917. The van der Waals surface area contributed by atoms with Crippen molar-refractivity contribution in [3.05, 3.63) is 0 Å². The first-order valence-electron chi connectivity index (χ1n) is 6.46. The van der Waals surface area contributed by atoms with Crippen LogP contribution in [0.2, 0.25) is 0 Å². The number of carbonyl (C=O) groups excluding carboxylic acids is 1. The van der Waals surface area contributed by atoms with Crippen LogP contribution in [0, 0.1) is 0 Å². The third kappa shape index (κ3) is 3.57. The lowest BCUT2D eigenvalue weighted by atomic mass is 10.0. The van der Waals surface area contributed by atoms with Crippen LogP contribution in [0.1, 0.15) is 25.7 Å². The van der Waals surface area contributed by atoms with Crippen molar-refractivity contribution in [1.82, 2.24) is 10.2 Å². The summed E-state index contributed by atoms with van der Waals surface area (Å²) in [5, 5.41) is 3.64. The Hall–Kier alpha value is -0.810. The van der Waals surface area contributed by atoms with Crippen LogP contribution in [0.25, 0.3) is 0 Å². The summed E-state index contributed by atoms with van der Waals surface area (Å²) >= 11 is 0. The Morgan fingerprint density at radius 3 is 2.76 bits per heavy atom. The zero-order valence-electron chi connectivity index (χ0n) is 10.5. The quantitative estimate of drug-likeness (QED) is 0.784. The molecule has 1 amide bonds. The zero-order valence-corrected chi connectivity index (χ0v) is 10.5. The van der Waals surface area contributed by atoms with Crippen LogP contribution in [0.4, 0.5) is 4.79 Å². The van der Waals surface area contributed by atoms with Crippen LogP contribution in [0.5, 0.6) is 0 Å². The van der Waals surface area contributed by atoms with Crippen molar-refractivity contribution in [3.63, 3.8) is 0 Å². The standard InChI is InChI=1S/C12H22N2O3/c1-16-12(15)14-6-2-3-11(9-14)13-10-4-7-17-8-5-10/h10-11,13H,2-9H2,1H3. The van der Waals surface area contributed by atoms with Gasteiger partial charge in [0, 0.05) is 38.4 Å². The van der Waals surface area contributed by atoms with Gasteiger partial charge < -0.3 is 19.7 Å². The highest BCUT2D eigenvalue weighted by atomic mass is 16.5. The molecule has 2 heterocycles. The average molecular weight is 242 g/mol. The summed E-state index contributed by atoms with van der Waals surface area (Å²) in [6.07, 6.45) is 4.15. The van der Waals surface area contributed by atoms with Gasteiger partial charge in [-0.15, -0.1) is 0 Å². The molecule has 0 saturated carbocycles. The van der Waals surface area contributed by atoms with Crippen molar-refractivity contribution in [3.8, 4) is 0 Å². The van der Waals surface area contributed by atoms with Crippen molar-refractivity contribution in [2.75, 3.05) is 33.4 Å². The molecule has 2 aliphatic heterocycles. The molecule has 0 aliphatic carbocycles. The van der Waals surface area contributed by atoms with Crippen LogP contribution < -0.4 is 5.32 Å². The molecule has 0 radical (unpaired) electrons. The Balaban J connectivity index is 1.78. The molecule has 5 heteroatoms. The minimum Gasteiger partial charge on any atom is -0.453 e. The molecule has 0 aromatic rings. The van der Waals surface area contributed by atoms with Gasteiger partial charge in [0.1, 0.15) is 0 Å². The van der Waals surface area contributed by atoms with Crippen LogP contribution >= 0.6 is 0 Å². The van der Waals surface area contributed by atoms with Gasteiger partial charge in [-0.3, -0.25) is 0 Å². The smallest absolute Gasteiger partial charge is 0.409 e. The number of ether oxygens (including phenoxy) is 2. The van der Waals surface area contributed by atoms with Crippen molar-refractivity contribution in [2.24, 2.45) is 0 Å². The molecule has 17 heavy (non-hydrogen) atoms. The van der Waals surface area contributed by atoms with E-state index < -0.39 is 0 Å². The average Bonchev–Trinajstić information content (AvgIpc) is 2.39. The summed E-state index contributed by atoms with van der Waals surface area (Å²) in [7, 11) is 1.44. The number of likely N-dealkylation sites (tertiary alicyclic amines) is 1. The highest BCUT2D eigenvalue weighted by molar-refractivity contribution is 5.67. The Bertz CT molecular complexity index is 254. The second kappa shape index (κ2) is 6.21. The van der Waals surface area contributed by atoms with Gasteiger partial charge >= 0.3 is 6.09 Å². The number of amides is 1. The van der Waals surface area contributed by atoms with Crippen molar-refractivity contribution >= 4 is 6.09 Å². The topological polar surface area (TPSA) is 50.8 Å². The zero-order chi connectivity index (χ0) is 12.1. The molecule has 0 aromatic carbocycles. The fourth-order valence-electron chi connectivity index (χ4n) is 2.61. The summed E-state index contributed by atoms with van der Waals surface area (Å²) in [6.45, 7) is 3.29. The maximum absolute atomic E-state index is 11.5. The molecule has 1 N–H and O–H groups in total. The van der Waals surface area contributed by atoms with E-state index in [2.05, 4.69) is 5.32 Å². The summed E-state index contributed by atoms with van der Waals surface area (Å²) < 4.78 is 10.1. The SMILES string of the molecule is COC(=O)N1CCCC(NC2CCOCC2)C1. The molecule has 5 nitrogen and oxygen atoms in total. The number of nitrogens with zero attached hydrogens (tertiary/aromatic N) is 1. The van der Waals surface area contributed by atoms with Gasteiger partial charge in [0.15, 0.2) is 0 Å². The van der Waals surface area contributed by atoms with Crippen molar-refractivity contribution in [2.45, 2.75) is 37.8 Å². The van der Waals surface area contributed by atoms with E-state index >= 15 is 0 Å². The van der Waals surface area contributed by atoms with E-state index in [1.54, 1.807) is 4.90 Å².